The minimum Gasteiger partial charge on any atom is -0.454 e. The Bertz CT molecular complexity index is 2370. The second kappa shape index (κ2) is 11.0. The van der Waals surface area contributed by atoms with E-state index in [4.69, 9.17) is 24.4 Å². The molecule has 0 unspecified atom stereocenters. The number of fused-ring (bicyclic) bond motifs is 3. The number of nitriles is 1. The van der Waals surface area contributed by atoms with E-state index in [1.165, 1.54) is 0 Å². The summed E-state index contributed by atoms with van der Waals surface area (Å²) in [5.41, 5.74) is 9.48. The van der Waals surface area contributed by atoms with E-state index >= 15 is 0 Å². The molecule has 0 amide bonds. The summed E-state index contributed by atoms with van der Waals surface area (Å²) in [6, 6.07) is 46.0. The molecule has 3 heterocycles. The lowest BCUT2D eigenvalue weighted by atomic mass is 10.0. The van der Waals surface area contributed by atoms with Crippen molar-refractivity contribution in [3.05, 3.63) is 145 Å². The van der Waals surface area contributed by atoms with Crippen LogP contribution >= 0.6 is 0 Å². The van der Waals surface area contributed by atoms with Gasteiger partial charge in [-0.05, 0) is 46.5 Å². The zero-order valence-corrected chi connectivity index (χ0v) is 23.9. The van der Waals surface area contributed by atoms with Gasteiger partial charge in [-0.1, -0.05) is 109 Å². The third-order valence-electron chi connectivity index (χ3n) is 7.81. The summed E-state index contributed by atoms with van der Waals surface area (Å²) in [6.07, 6.45) is 1.80. The first-order valence-corrected chi connectivity index (χ1v) is 14.5. The Balaban J connectivity index is 1.24. The molecule has 45 heavy (non-hydrogen) atoms. The average molecular weight is 578 g/mol. The predicted molar refractivity (Wildman–Crippen MR) is 177 cm³/mol. The van der Waals surface area contributed by atoms with Gasteiger partial charge in [0.2, 0.25) is 0 Å². The van der Waals surface area contributed by atoms with Crippen LogP contribution in [-0.2, 0) is 0 Å². The van der Waals surface area contributed by atoms with Gasteiger partial charge in [-0.3, -0.25) is 4.98 Å². The van der Waals surface area contributed by atoms with Gasteiger partial charge in [-0.15, -0.1) is 0 Å². The highest BCUT2D eigenvalue weighted by Crippen LogP contribution is 2.37. The second-order valence-corrected chi connectivity index (χ2v) is 10.7. The summed E-state index contributed by atoms with van der Waals surface area (Å²) >= 11 is 0. The van der Waals surface area contributed by atoms with Crippen molar-refractivity contribution < 1.29 is 4.42 Å². The SMILES string of the molecule is N#Cc1cccc(-c2ccc(-c3nc(-c4ccccc4)nc(-c4cnc5c(c4)oc4cccc(-c6ccccc6)c45)n3)cc2)c1. The molecule has 6 nitrogen and oxygen atoms in total. The second-order valence-electron chi connectivity index (χ2n) is 10.7. The van der Waals surface area contributed by atoms with E-state index in [0.29, 0.717) is 28.6 Å². The molecule has 0 aliphatic rings. The Morgan fingerprint density at radius 2 is 1.09 bits per heavy atom. The van der Waals surface area contributed by atoms with Crippen molar-refractivity contribution in [2.24, 2.45) is 0 Å². The molecule has 0 bridgehead atoms. The van der Waals surface area contributed by atoms with Gasteiger partial charge >= 0.3 is 0 Å². The molecule has 210 valence electrons. The van der Waals surface area contributed by atoms with Crippen molar-refractivity contribution in [1.82, 2.24) is 19.9 Å². The Labute approximate surface area is 259 Å². The van der Waals surface area contributed by atoms with Crippen LogP contribution in [0.5, 0.6) is 0 Å². The molecule has 8 aromatic rings. The first-order chi connectivity index (χ1) is 22.2. The van der Waals surface area contributed by atoms with Gasteiger partial charge in [0.05, 0.1) is 17.0 Å². The maximum absolute atomic E-state index is 9.31. The number of furan rings is 1. The molecule has 0 aliphatic carbocycles. The molecule has 0 spiro atoms. The molecular weight excluding hydrogens is 554 g/mol. The van der Waals surface area contributed by atoms with Crippen LogP contribution in [0.4, 0.5) is 0 Å². The number of hydrogen-bond donors (Lipinski definition) is 0. The fourth-order valence-corrected chi connectivity index (χ4v) is 5.60. The Morgan fingerprint density at radius 1 is 0.489 bits per heavy atom. The highest BCUT2D eigenvalue weighted by Gasteiger charge is 2.17. The van der Waals surface area contributed by atoms with E-state index in [2.05, 4.69) is 24.3 Å². The first-order valence-electron chi connectivity index (χ1n) is 14.5. The Kier molecular flexibility index (Phi) is 6.40. The van der Waals surface area contributed by atoms with Crippen LogP contribution in [0.25, 0.3) is 78.5 Å². The van der Waals surface area contributed by atoms with Crippen LogP contribution < -0.4 is 0 Å². The van der Waals surface area contributed by atoms with E-state index in [-0.39, 0.29) is 0 Å². The molecule has 0 atom stereocenters. The standard InChI is InChI=1S/C39H23N5O/c40-23-25-9-7-14-30(21-25)26-17-19-29(20-18-26)38-42-37(28-12-5-2-6-13-28)43-39(44-38)31-22-34-36(41-24-31)35-32(15-8-16-33(35)45-34)27-10-3-1-4-11-27/h1-22,24H. The quantitative estimate of drug-likeness (QED) is 0.202. The molecule has 0 aliphatic heterocycles. The van der Waals surface area contributed by atoms with Crippen molar-refractivity contribution >= 4 is 22.1 Å². The summed E-state index contributed by atoms with van der Waals surface area (Å²) < 4.78 is 6.32. The van der Waals surface area contributed by atoms with Gasteiger partial charge in [0.25, 0.3) is 0 Å². The molecule has 0 fully saturated rings. The molecule has 8 rings (SSSR count). The van der Waals surface area contributed by atoms with Gasteiger partial charge in [-0.25, -0.2) is 15.0 Å². The van der Waals surface area contributed by atoms with E-state index < -0.39 is 0 Å². The molecule has 6 heteroatoms. The van der Waals surface area contributed by atoms with Crippen molar-refractivity contribution in [2.45, 2.75) is 0 Å². The molecule has 0 radical (unpaired) electrons. The van der Waals surface area contributed by atoms with Crippen LogP contribution in [0, 0.1) is 11.3 Å². The van der Waals surface area contributed by atoms with Gasteiger partial charge in [-0.2, -0.15) is 5.26 Å². The molecule has 3 aromatic heterocycles. The smallest absolute Gasteiger partial charge is 0.165 e. The normalized spacial score (nSPS) is 11.1. The molecule has 0 N–H and O–H groups in total. The van der Waals surface area contributed by atoms with Crippen LogP contribution in [0.3, 0.4) is 0 Å². The Morgan fingerprint density at radius 3 is 1.80 bits per heavy atom. The van der Waals surface area contributed by atoms with E-state index in [1.807, 2.05) is 109 Å². The van der Waals surface area contributed by atoms with Crippen LogP contribution in [-0.4, -0.2) is 19.9 Å². The largest absolute Gasteiger partial charge is 0.454 e. The minimum absolute atomic E-state index is 0.503. The van der Waals surface area contributed by atoms with Crippen LogP contribution in [0.2, 0.25) is 0 Å². The highest BCUT2D eigenvalue weighted by atomic mass is 16.3. The van der Waals surface area contributed by atoms with Gasteiger partial charge in [0.1, 0.15) is 11.1 Å². The minimum atomic E-state index is 0.503. The average Bonchev–Trinajstić information content (AvgIpc) is 3.50. The Hall–Kier alpha value is -6.45. The lowest BCUT2D eigenvalue weighted by Crippen LogP contribution is -2.00. The van der Waals surface area contributed by atoms with Gasteiger partial charge in [0, 0.05) is 22.9 Å². The topological polar surface area (TPSA) is 88.5 Å². The number of aromatic nitrogens is 4. The van der Waals surface area contributed by atoms with Crippen molar-refractivity contribution in [2.75, 3.05) is 0 Å². The van der Waals surface area contributed by atoms with Gasteiger partial charge < -0.3 is 4.42 Å². The summed E-state index contributed by atoms with van der Waals surface area (Å²) in [5.74, 6) is 1.62. The number of nitrogens with zero attached hydrogens (tertiary/aromatic N) is 5. The van der Waals surface area contributed by atoms with Gasteiger partial charge in [0.15, 0.2) is 23.1 Å². The number of pyridine rings is 1. The van der Waals surface area contributed by atoms with Crippen molar-refractivity contribution in [3.63, 3.8) is 0 Å². The van der Waals surface area contributed by atoms with Crippen molar-refractivity contribution in [3.8, 4) is 62.5 Å². The molecule has 0 saturated carbocycles. The van der Waals surface area contributed by atoms with Crippen LogP contribution in [0.15, 0.2) is 144 Å². The number of benzene rings is 5. The summed E-state index contributed by atoms with van der Waals surface area (Å²) in [4.78, 5) is 19.5. The fraction of sp³-hybridized carbons (Fsp3) is 0. The monoisotopic (exact) mass is 577 g/mol. The lowest BCUT2D eigenvalue weighted by Gasteiger charge is -2.09. The highest BCUT2D eigenvalue weighted by molar-refractivity contribution is 6.10. The zero-order valence-electron chi connectivity index (χ0n) is 23.9. The van der Waals surface area contributed by atoms with E-state index in [9.17, 15) is 5.26 Å². The van der Waals surface area contributed by atoms with Crippen LogP contribution in [0.1, 0.15) is 5.56 Å². The third kappa shape index (κ3) is 4.89. The number of hydrogen-bond acceptors (Lipinski definition) is 6. The molecule has 5 aromatic carbocycles. The first kappa shape index (κ1) is 26.2. The summed E-state index contributed by atoms with van der Waals surface area (Å²) in [6.45, 7) is 0. The van der Waals surface area contributed by atoms with Crippen molar-refractivity contribution in [1.29, 1.82) is 5.26 Å². The van der Waals surface area contributed by atoms with E-state index in [1.54, 1.807) is 12.3 Å². The maximum Gasteiger partial charge on any atom is 0.165 e. The lowest BCUT2D eigenvalue weighted by molar-refractivity contribution is 0.668. The predicted octanol–water partition coefficient (Wildman–Crippen LogP) is 9.37. The third-order valence-corrected chi connectivity index (χ3v) is 7.81. The zero-order chi connectivity index (χ0) is 30.2. The maximum atomic E-state index is 9.31. The fourth-order valence-electron chi connectivity index (χ4n) is 5.60. The molecule has 0 saturated heterocycles. The molecular formula is C39H23N5O. The summed E-state index contributed by atoms with van der Waals surface area (Å²) in [5, 5.41) is 10.3. The van der Waals surface area contributed by atoms with E-state index in [0.717, 1.165) is 55.4 Å². The number of rotatable bonds is 5. The summed E-state index contributed by atoms with van der Waals surface area (Å²) in [7, 11) is 0.